The van der Waals surface area contributed by atoms with Crippen LogP contribution in [0.1, 0.15) is 26.2 Å². The molecule has 1 aromatic rings. The van der Waals surface area contributed by atoms with Gasteiger partial charge in [-0.2, -0.15) is 0 Å². The van der Waals surface area contributed by atoms with Crippen LogP contribution in [0.4, 0.5) is 10.5 Å². The summed E-state index contributed by atoms with van der Waals surface area (Å²) in [6.45, 7) is 5.52. The van der Waals surface area contributed by atoms with Crippen LogP contribution in [-0.2, 0) is 10.0 Å². The van der Waals surface area contributed by atoms with E-state index in [1.165, 1.54) is 49.8 Å². The van der Waals surface area contributed by atoms with Crippen molar-refractivity contribution in [2.24, 2.45) is 5.92 Å². The number of amides is 2. The monoisotopic (exact) mass is 394 g/mol. The van der Waals surface area contributed by atoms with Gasteiger partial charge in [-0.25, -0.2) is 17.5 Å². The predicted molar refractivity (Wildman–Crippen MR) is 106 cm³/mol. The molecule has 27 heavy (non-hydrogen) atoms. The molecule has 1 aliphatic carbocycles. The predicted octanol–water partition coefficient (Wildman–Crippen LogP) is 2.28. The summed E-state index contributed by atoms with van der Waals surface area (Å²) in [6, 6.07) is 6.93. The highest BCUT2D eigenvalue weighted by molar-refractivity contribution is 7.89. The molecule has 2 fully saturated rings. The number of benzene rings is 1. The third-order valence-electron chi connectivity index (χ3n) is 5.48. The standard InChI is InChI=1S/C19H30N4O3S/c1-15-13-22(17-7-5-8-17)10-11-23(14-15)19(24)20-16-6-4-9-18(12-16)27(25,26)21(2)3/h4,6,9,12,15,17H,5,7-8,10-11,13-14H2,1-3H3,(H,20,24). The van der Waals surface area contributed by atoms with Crippen molar-refractivity contribution >= 4 is 21.7 Å². The van der Waals surface area contributed by atoms with Crippen molar-refractivity contribution in [3.05, 3.63) is 24.3 Å². The molecule has 1 N–H and O–H groups in total. The van der Waals surface area contributed by atoms with E-state index in [2.05, 4.69) is 17.1 Å². The smallest absolute Gasteiger partial charge is 0.321 e. The van der Waals surface area contributed by atoms with Crippen molar-refractivity contribution < 1.29 is 13.2 Å². The first-order valence-electron chi connectivity index (χ1n) is 9.60. The summed E-state index contributed by atoms with van der Waals surface area (Å²) in [5.41, 5.74) is 0.496. The summed E-state index contributed by atoms with van der Waals surface area (Å²) >= 11 is 0. The van der Waals surface area contributed by atoms with Crippen LogP contribution >= 0.6 is 0 Å². The maximum absolute atomic E-state index is 12.8. The van der Waals surface area contributed by atoms with Gasteiger partial charge >= 0.3 is 6.03 Å². The Morgan fingerprint density at radius 3 is 2.56 bits per heavy atom. The molecule has 1 unspecified atom stereocenters. The van der Waals surface area contributed by atoms with Crippen molar-refractivity contribution in [1.29, 1.82) is 0 Å². The summed E-state index contributed by atoms with van der Waals surface area (Å²) in [4.78, 5) is 17.3. The van der Waals surface area contributed by atoms with E-state index in [-0.39, 0.29) is 10.9 Å². The van der Waals surface area contributed by atoms with Crippen LogP contribution in [0.3, 0.4) is 0 Å². The van der Waals surface area contributed by atoms with Gasteiger partial charge in [0.1, 0.15) is 0 Å². The summed E-state index contributed by atoms with van der Waals surface area (Å²) in [6.07, 6.45) is 3.85. The maximum atomic E-state index is 12.8. The number of hydrogen-bond acceptors (Lipinski definition) is 4. The highest BCUT2D eigenvalue weighted by Crippen LogP contribution is 2.27. The van der Waals surface area contributed by atoms with Gasteiger partial charge in [-0.15, -0.1) is 0 Å². The number of nitrogens with one attached hydrogen (secondary N) is 1. The number of carbonyl (C=O) groups is 1. The summed E-state index contributed by atoms with van der Waals surface area (Å²) in [5, 5.41) is 2.87. The second-order valence-electron chi connectivity index (χ2n) is 7.88. The molecule has 2 amide bonds. The normalized spacial score (nSPS) is 22.4. The molecule has 150 valence electrons. The van der Waals surface area contributed by atoms with Gasteiger partial charge in [0.15, 0.2) is 0 Å². The molecule has 1 saturated heterocycles. The molecule has 0 radical (unpaired) electrons. The van der Waals surface area contributed by atoms with Gasteiger partial charge in [-0.05, 0) is 37.0 Å². The number of carbonyl (C=O) groups excluding carboxylic acids is 1. The van der Waals surface area contributed by atoms with Crippen molar-refractivity contribution in [3.8, 4) is 0 Å². The third kappa shape index (κ3) is 4.62. The van der Waals surface area contributed by atoms with Crippen LogP contribution in [-0.4, -0.2) is 74.9 Å². The van der Waals surface area contributed by atoms with Gasteiger partial charge in [0, 0.05) is 52.0 Å². The molecular formula is C19H30N4O3S. The zero-order valence-electron chi connectivity index (χ0n) is 16.4. The quantitative estimate of drug-likeness (QED) is 0.850. The second kappa shape index (κ2) is 8.16. The van der Waals surface area contributed by atoms with E-state index >= 15 is 0 Å². The number of anilines is 1. The van der Waals surface area contributed by atoms with Crippen LogP contribution in [0, 0.1) is 5.92 Å². The van der Waals surface area contributed by atoms with Gasteiger partial charge in [0.2, 0.25) is 10.0 Å². The molecule has 7 nitrogen and oxygen atoms in total. The van der Waals surface area contributed by atoms with E-state index in [1.807, 2.05) is 4.90 Å². The van der Waals surface area contributed by atoms with E-state index in [0.29, 0.717) is 30.7 Å². The first-order valence-corrected chi connectivity index (χ1v) is 11.0. The molecule has 3 rings (SSSR count). The van der Waals surface area contributed by atoms with Crippen molar-refractivity contribution in [2.75, 3.05) is 45.6 Å². The minimum absolute atomic E-state index is 0.170. The lowest BCUT2D eigenvalue weighted by atomic mass is 9.91. The Labute approximate surface area is 162 Å². The fourth-order valence-electron chi connectivity index (χ4n) is 3.68. The summed E-state index contributed by atoms with van der Waals surface area (Å²) in [5.74, 6) is 0.416. The zero-order valence-corrected chi connectivity index (χ0v) is 17.2. The van der Waals surface area contributed by atoms with E-state index in [1.54, 1.807) is 12.1 Å². The van der Waals surface area contributed by atoms with Gasteiger partial charge < -0.3 is 10.2 Å². The van der Waals surface area contributed by atoms with Gasteiger partial charge in [0.05, 0.1) is 4.90 Å². The molecule has 1 aromatic carbocycles. The minimum Gasteiger partial charge on any atom is -0.323 e. The Bertz CT molecular complexity index is 777. The highest BCUT2D eigenvalue weighted by atomic mass is 32.2. The fraction of sp³-hybridized carbons (Fsp3) is 0.632. The molecule has 8 heteroatoms. The molecule has 0 spiro atoms. The van der Waals surface area contributed by atoms with Crippen molar-refractivity contribution in [3.63, 3.8) is 0 Å². The first-order chi connectivity index (χ1) is 12.8. The van der Waals surface area contributed by atoms with Crippen LogP contribution < -0.4 is 5.32 Å². The molecule has 1 aliphatic heterocycles. The van der Waals surface area contributed by atoms with Crippen LogP contribution in [0.5, 0.6) is 0 Å². The maximum Gasteiger partial charge on any atom is 0.321 e. The number of rotatable bonds is 4. The fourth-order valence-corrected chi connectivity index (χ4v) is 4.63. The van der Waals surface area contributed by atoms with Gasteiger partial charge in [0.25, 0.3) is 0 Å². The lowest BCUT2D eigenvalue weighted by Gasteiger charge is -2.37. The van der Waals surface area contributed by atoms with E-state index in [4.69, 9.17) is 0 Å². The Hall–Kier alpha value is -1.64. The Morgan fingerprint density at radius 1 is 1.19 bits per heavy atom. The van der Waals surface area contributed by atoms with Crippen LogP contribution in [0.15, 0.2) is 29.2 Å². The summed E-state index contributed by atoms with van der Waals surface area (Å²) in [7, 11) is -0.540. The SMILES string of the molecule is CC1CN(C(=O)Nc2cccc(S(=O)(=O)N(C)C)c2)CCN(C2CCC2)C1. The molecule has 1 atom stereocenters. The zero-order chi connectivity index (χ0) is 19.6. The average Bonchev–Trinajstić information content (AvgIpc) is 2.75. The molecular weight excluding hydrogens is 364 g/mol. The van der Waals surface area contributed by atoms with E-state index < -0.39 is 10.0 Å². The lowest BCUT2D eigenvalue weighted by molar-refractivity contribution is 0.122. The number of urea groups is 1. The van der Waals surface area contributed by atoms with Gasteiger partial charge in [-0.1, -0.05) is 19.4 Å². The largest absolute Gasteiger partial charge is 0.323 e. The van der Waals surface area contributed by atoms with Gasteiger partial charge in [-0.3, -0.25) is 4.90 Å². The van der Waals surface area contributed by atoms with Crippen molar-refractivity contribution in [1.82, 2.24) is 14.1 Å². The highest BCUT2D eigenvalue weighted by Gasteiger charge is 2.30. The average molecular weight is 395 g/mol. The Morgan fingerprint density at radius 2 is 1.93 bits per heavy atom. The van der Waals surface area contributed by atoms with E-state index in [9.17, 15) is 13.2 Å². The Kier molecular flexibility index (Phi) is 6.08. The lowest BCUT2D eigenvalue weighted by Crippen LogP contribution is -2.43. The number of hydrogen-bond donors (Lipinski definition) is 1. The third-order valence-corrected chi connectivity index (χ3v) is 7.29. The van der Waals surface area contributed by atoms with E-state index in [0.717, 1.165) is 13.1 Å². The minimum atomic E-state index is -3.53. The second-order valence-corrected chi connectivity index (χ2v) is 10.0. The number of sulfonamides is 1. The Balaban J connectivity index is 1.66. The molecule has 1 heterocycles. The topological polar surface area (TPSA) is 73.0 Å². The first kappa shape index (κ1) is 20.1. The number of nitrogens with zero attached hydrogens (tertiary/aromatic N) is 3. The molecule has 1 saturated carbocycles. The van der Waals surface area contributed by atoms with Crippen molar-refractivity contribution in [2.45, 2.75) is 37.1 Å². The van der Waals surface area contributed by atoms with Crippen LogP contribution in [0.2, 0.25) is 0 Å². The molecule has 2 aliphatic rings. The molecule has 0 bridgehead atoms. The molecule has 0 aromatic heterocycles. The summed E-state index contributed by atoms with van der Waals surface area (Å²) < 4.78 is 25.7. The van der Waals surface area contributed by atoms with Crippen LogP contribution in [0.25, 0.3) is 0 Å².